The summed E-state index contributed by atoms with van der Waals surface area (Å²) in [7, 11) is -3.70. The molecule has 0 bridgehead atoms. The van der Waals surface area contributed by atoms with Gasteiger partial charge in [-0.25, -0.2) is 8.42 Å². The van der Waals surface area contributed by atoms with Gasteiger partial charge in [0.15, 0.2) is 0 Å². The normalized spacial score (nSPS) is 19.7. The zero-order valence-corrected chi connectivity index (χ0v) is 15.3. The molecule has 1 saturated heterocycles. The van der Waals surface area contributed by atoms with Crippen molar-refractivity contribution < 1.29 is 13.2 Å². The first-order valence-corrected chi connectivity index (χ1v) is 9.26. The first-order valence-electron chi connectivity index (χ1n) is 6.23. The Kier molecular flexibility index (Phi) is 4.96. The number of carbonyl (C=O) groups excluding carboxylic acids is 1. The van der Waals surface area contributed by atoms with E-state index in [4.69, 9.17) is 5.73 Å². The molecule has 21 heavy (non-hydrogen) atoms. The summed E-state index contributed by atoms with van der Waals surface area (Å²) >= 11 is 6.52. The Balaban J connectivity index is 2.30. The summed E-state index contributed by atoms with van der Waals surface area (Å²) in [5, 5.41) is 2.74. The van der Waals surface area contributed by atoms with Crippen LogP contribution in [0.3, 0.4) is 0 Å². The highest BCUT2D eigenvalue weighted by atomic mass is 79.9. The van der Waals surface area contributed by atoms with Crippen molar-refractivity contribution in [3.8, 4) is 0 Å². The molecule has 1 fully saturated rings. The van der Waals surface area contributed by atoms with Crippen molar-refractivity contribution in [2.24, 2.45) is 0 Å². The number of hydrogen-bond acceptors (Lipinski definition) is 4. The Morgan fingerprint density at radius 3 is 2.67 bits per heavy atom. The third-order valence-corrected chi connectivity index (χ3v) is 6.52. The number of nitrogens with zero attached hydrogens (tertiary/aromatic N) is 1. The van der Waals surface area contributed by atoms with E-state index in [-0.39, 0.29) is 29.1 Å². The highest BCUT2D eigenvalue weighted by molar-refractivity contribution is 9.11. The van der Waals surface area contributed by atoms with E-state index in [2.05, 4.69) is 37.2 Å². The third kappa shape index (κ3) is 3.58. The molecular weight excluding hydrogens is 426 g/mol. The Labute approximate surface area is 140 Å². The fourth-order valence-corrected chi connectivity index (χ4v) is 5.85. The molecule has 6 nitrogen and oxygen atoms in total. The Bertz CT molecular complexity index is 655. The molecule has 1 atom stereocenters. The Morgan fingerprint density at radius 1 is 1.43 bits per heavy atom. The van der Waals surface area contributed by atoms with Crippen LogP contribution in [-0.2, 0) is 14.8 Å². The molecule has 1 aromatic rings. The molecule has 0 aliphatic carbocycles. The second-order valence-electron chi connectivity index (χ2n) is 4.86. The summed E-state index contributed by atoms with van der Waals surface area (Å²) in [5.74, 6) is -0.163. The van der Waals surface area contributed by atoms with Gasteiger partial charge in [0.05, 0.1) is 5.69 Å². The van der Waals surface area contributed by atoms with Gasteiger partial charge in [0.1, 0.15) is 4.90 Å². The van der Waals surface area contributed by atoms with Crippen molar-refractivity contribution in [2.45, 2.75) is 24.3 Å². The van der Waals surface area contributed by atoms with E-state index in [1.54, 1.807) is 12.1 Å². The van der Waals surface area contributed by atoms with Crippen LogP contribution in [-0.4, -0.2) is 37.8 Å². The fraction of sp³-hybridized carbons (Fsp3) is 0.417. The summed E-state index contributed by atoms with van der Waals surface area (Å²) in [5.41, 5.74) is 6.04. The number of hydrogen-bond donors (Lipinski definition) is 2. The number of rotatable bonds is 3. The van der Waals surface area contributed by atoms with Crippen LogP contribution in [0.5, 0.6) is 0 Å². The monoisotopic (exact) mass is 439 g/mol. The van der Waals surface area contributed by atoms with Gasteiger partial charge in [0, 0.05) is 35.0 Å². The number of carbonyl (C=O) groups is 1. The van der Waals surface area contributed by atoms with Gasteiger partial charge in [-0.3, -0.25) is 4.79 Å². The number of benzene rings is 1. The van der Waals surface area contributed by atoms with E-state index in [0.29, 0.717) is 21.9 Å². The molecule has 1 amide bonds. The van der Waals surface area contributed by atoms with Crippen molar-refractivity contribution in [2.75, 3.05) is 18.8 Å². The molecule has 116 valence electrons. The van der Waals surface area contributed by atoms with Crippen LogP contribution in [0.25, 0.3) is 0 Å². The Hall–Kier alpha value is -0.640. The molecule has 0 radical (unpaired) electrons. The zero-order valence-electron chi connectivity index (χ0n) is 11.3. The number of anilines is 1. The smallest absolute Gasteiger partial charge is 0.246 e. The van der Waals surface area contributed by atoms with Crippen LogP contribution in [0.15, 0.2) is 26.0 Å². The molecule has 3 N–H and O–H groups in total. The van der Waals surface area contributed by atoms with Crippen molar-refractivity contribution in [1.82, 2.24) is 9.62 Å². The van der Waals surface area contributed by atoms with Crippen LogP contribution in [0.4, 0.5) is 5.69 Å². The zero-order chi connectivity index (χ0) is 15.8. The van der Waals surface area contributed by atoms with E-state index in [0.717, 1.165) is 0 Å². The topological polar surface area (TPSA) is 92.5 Å². The maximum absolute atomic E-state index is 12.7. The van der Waals surface area contributed by atoms with Crippen molar-refractivity contribution in [3.63, 3.8) is 0 Å². The van der Waals surface area contributed by atoms with E-state index < -0.39 is 10.0 Å². The largest absolute Gasteiger partial charge is 0.398 e. The second kappa shape index (κ2) is 6.23. The Morgan fingerprint density at radius 2 is 2.10 bits per heavy atom. The van der Waals surface area contributed by atoms with Gasteiger partial charge in [-0.1, -0.05) is 15.9 Å². The van der Waals surface area contributed by atoms with Gasteiger partial charge in [-0.15, -0.1) is 0 Å². The van der Waals surface area contributed by atoms with Gasteiger partial charge in [0.2, 0.25) is 15.9 Å². The highest BCUT2D eigenvalue weighted by Crippen LogP contribution is 2.34. The quantitative estimate of drug-likeness (QED) is 0.699. The van der Waals surface area contributed by atoms with Gasteiger partial charge < -0.3 is 11.1 Å². The minimum atomic E-state index is -3.70. The fourth-order valence-electron chi connectivity index (χ4n) is 2.33. The molecule has 2 rings (SSSR count). The molecule has 1 unspecified atom stereocenters. The number of nitrogens with one attached hydrogen (secondary N) is 1. The number of nitrogens with two attached hydrogens (primary N) is 1. The van der Waals surface area contributed by atoms with Crippen LogP contribution < -0.4 is 11.1 Å². The van der Waals surface area contributed by atoms with Gasteiger partial charge >= 0.3 is 0 Å². The van der Waals surface area contributed by atoms with Crippen molar-refractivity contribution in [1.29, 1.82) is 0 Å². The first kappa shape index (κ1) is 16.7. The van der Waals surface area contributed by atoms with E-state index in [9.17, 15) is 13.2 Å². The minimum Gasteiger partial charge on any atom is -0.398 e. The number of sulfonamides is 1. The molecular formula is C12H15Br2N3O3S. The molecule has 1 aromatic carbocycles. The molecule has 1 aliphatic rings. The summed E-state index contributed by atoms with van der Waals surface area (Å²) in [6.07, 6.45) is 0.590. The molecule has 0 aromatic heterocycles. The predicted molar refractivity (Wildman–Crippen MR) is 87.2 cm³/mol. The number of halogens is 2. The van der Waals surface area contributed by atoms with Gasteiger partial charge in [-0.2, -0.15) is 4.31 Å². The molecule has 1 heterocycles. The lowest BCUT2D eigenvalue weighted by Gasteiger charge is -2.19. The van der Waals surface area contributed by atoms with Gasteiger partial charge in [0.25, 0.3) is 0 Å². The number of nitrogen functional groups attached to an aromatic ring is 1. The first-order chi connectivity index (χ1) is 9.71. The maximum Gasteiger partial charge on any atom is 0.246 e. The van der Waals surface area contributed by atoms with Crippen molar-refractivity contribution in [3.05, 3.63) is 21.1 Å². The molecule has 9 heteroatoms. The average molecular weight is 441 g/mol. The van der Waals surface area contributed by atoms with Crippen LogP contribution >= 0.6 is 31.9 Å². The van der Waals surface area contributed by atoms with Crippen LogP contribution in [0.2, 0.25) is 0 Å². The standard InChI is InChI=1S/C12H15Br2N3O3S/c1-7(18)16-9-2-3-17(6-9)21(19,20)12-10(14)4-8(13)5-11(12)15/h4-5,9H,2-3,6,15H2,1H3,(H,16,18). The highest BCUT2D eigenvalue weighted by Gasteiger charge is 2.35. The molecule has 0 saturated carbocycles. The van der Waals surface area contributed by atoms with E-state index in [1.165, 1.54) is 11.2 Å². The summed E-state index contributed by atoms with van der Waals surface area (Å²) in [6.45, 7) is 2.03. The summed E-state index contributed by atoms with van der Waals surface area (Å²) in [4.78, 5) is 11.1. The third-order valence-electron chi connectivity index (χ3n) is 3.19. The SMILES string of the molecule is CC(=O)NC1CCN(S(=O)(=O)c2c(N)cc(Br)cc2Br)C1. The number of amides is 1. The molecule has 0 spiro atoms. The lowest BCUT2D eigenvalue weighted by molar-refractivity contribution is -0.119. The van der Waals surface area contributed by atoms with Gasteiger partial charge in [-0.05, 0) is 34.5 Å². The second-order valence-corrected chi connectivity index (χ2v) is 8.50. The maximum atomic E-state index is 12.7. The predicted octanol–water partition coefficient (Wildman–Crippen LogP) is 1.69. The van der Waals surface area contributed by atoms with Crippen molar-refractivity contribution >= 4 is 53.5 Å². The van der Waals surface area contributed by atoms with Crippen LogP contribution in [0.1, 0.15) is 13.3 Å². The van der Waals surface area contributed by atoms with Crippen LogP contribution in [0, 0.1) is 0 Å². The summed E-state index contributed by atoms with van der Waals surface area (Å²) in [6, 6.07) is 3.04. The van der Waals surface area contributed by atoms with E-state index >= 15 is 0 Å². The lowest BCUT2D eigenvalue weighted by atomic mass is 10.3. The average Bonchev–Trinajstić information content (AvgIpc) is 2.75. The van der Waals surface area contributed by atoms with E-state index in [1.807, 2.05) is 0 Å². The summed E-state index contributed by atoms with van der Waals surface area (Å²) < 4.78 is 27.9. The molecule has 1 aliphatic heterocycles. The lowest BCUT2D eigenvalue weighted by Crippen LogP contribution is -2.37. The minimum absolute atomic E-state index is 0.0641.